The van der Waals surface area contributed by atoms with Crippen molar-refractivity contribution in [2.75, 3.05) is 48.9 Å². The highest BCUT2D eigenvalue weighted by atomic mass is 32.2. The topological polar surface area (TPSA) is 148 Å². The summed E-state index contributed by atoms with van der Waals surface area (Å²) in [6.45, 7) is 3.46. The predicted molar refractivity (Wildman–Crippen MR) is 161 cm³/mol. The molecule has 0 unspecified atom stereocenters. The molecule has 11 nitrogen and oxygen atoms in total. The number of carboxylic acid groups (broad SMARTS) is 1. The Bertz CT molecular complexity index is 1870. The average molecular weight is 643 g/mol. The van der Waals surface area contributed by atoms with E-state index in [-0.39, 0.29) is 31.5 Å². The first-order valence-electron chi connectivity index (χ1n) is 14.1. The second-order valence-corrected chi connectivity index (χ2v) is 13.1. The summed E-state index contributed by atoms with van der Waals surface area (Å²) in [5.41, 5.74) is 1.91. The number of rotatable bonds is 7. The number of carbonyl (C=O) groups excluding carboxylic acids is 1. The maximum absolute atomic E-state index is 15.5. The van der Waals surface area contributed by atoms with Crippen molar-refractivity contribution in [1.82, 2.24) is 19.6 Å². The van der Waals surface area contributed by atoms with E-state index in [9.17, 15) is 22.0 Å². The zero-order valence-corrected chi connectivity index (χ0v) is 24.6. The van der Waals surface area contributed by atoms with Gasteiger partial charge < -0.3 is 20.3 Å². The summed E-state index contributed by atoms with van der Waals surface area (Å²) in [5, 5.41) is 10.6. The Hall–Kier alpha value is -4.47. The van der Waals surface area contributed by atoms with Crippen LogP contribution in [-0.4, -0.2) is 85.5 Å². The summed E-state index contributed by atoms with van der Waals surface area (Å²) < 4.78 is 72.1. The van der Waals surface area contributed by atoms with Crippen LogP contribution in [0.25, 0.3) is 22.2 Å². The molecular formula is C30H29F3N6O5S. The first-order valence-corrected chi connectivity index (χ1v) is 15.5. The van der Waals surface area contributed by atoms with Crippen LogP contribution in [-0.2, 0) is 15.0 Å². The van der Waals surface area contributed by atoms with Crippen molar-refractivity contribution in [2.24, 2.45) is 5.41 Å². The van der Waals surface area contributed by atoms with E-state index in [1.54, 1.807) is 12.3 Å². The molecule has 45 heavy (non-hydrogen) atoms. The number of carbonyl (C=O) groups is 2. The molecule has 3 aliphatic heterocycles. The van der Waals surface area contributed by atoms with Crippen LogP contribution in [0.5, 0.6) is 0 Å². The number of anilines is 2. The molecule has 0 amide bonds. The molecule has 0 radical (unpaired) electrons. The molecule has 1 spiro atoms. The second-order valence-electron chi connectivity index (χ2n) is 11.4. The molecule has 4 N–H and O–H groups in total. The van der Waals surface area contributed by atoms with E-state index in [0.717, 1.165) is 53.9 Å². The fraction of sp³-hybridized carbons (Fsp3) is 0.300. The minimum atomic E-state index is -4.31. The number of ketones is 1. The lowest BCUT2D eigenvalue weighted by Crippen LogP contribution is -2.71. The molecule has 4 aromatic rings. The van der Waals surface area contributed by atoms with Crippen molar-refractivity contribution in [2.45, 2.75) is 12.6 Å². The number of pyridine rings is 1. The zero-order valence-electron chi connectivity index (χ0n) is 23.8. The SMILES string of the molecule is O=C(c1c(F)ccc(NS(=O)(=O)N2CC[C@@H](F)C2)c1F)c1c[nH]c2ncc(-c3ccc(N4CC5(CNC5)C4)cc3)cc12.O=CO. The fourth-order valence-electron chi connectivity index (χ4n) is 5.95. The van der Waals surface area contributed by atoms with Gasteiger partial charge in [-0.2, -0.15) is 12.7 Å². The van der Waals surface area contributed by atoms with Crippen molar-refractivity contribution >= 4 is 44.9 Å². The van der Waals surface area contributed by atoms with E-state index in [1.165, 1.54) is 6.20 Å². The van der Waals surface area contributed by atoms with Crippen LogP contribution in [0.2, 0.25) is 0 Å². The second kappa shape index (κ2) is 11.8. The van der Waals surface area contributed by atoms with Crippen molar-refractivity contribution in [1.29, 1.82) is 0 Å². The number of hydrogen-bond donors (Lipinski definition) is 4. The number of aromatic nitrogens is 2. The number of fused-ring (bicyclic) bond motifs is 1. The van der Waals surface area contributed by atoms with Gasteiger partial charge in [-0.3, -0.25) is 14.3 Å². The quantitative estimate of drug-likeness (QED) is 0.177. The normalized spacial score (nSPS) is 19.0. The molecule has 0 aliphatic carbocycles. The molecular weight excluding hydrogens is 613 g/mol. The highest BCUT2D eigenvalue weighted by Crippen LogP contribution is 2.38. The number of aromatic amines is 1. The third kappa shape index (κ3) is 5.74. The minimum Gasteiger partial charge on any atom is -0.483 e. The molecule has 7 rings (SSSR count). The van der Waals surface area contributed by atoms with Crippen LogP contribution < -0.4 is 14.9 Å². The number of benzene rings is 2. The number of nitrogens with zero attached hydrogens (tertiary/aromatic N) is 3. The predicted octanol–water partition coefficient (Wildman–Crippen LogP) is 3.55. The van der Waals surface area contributed by atoms with Gasteiger partial charge in [-0.1, -0.05) is 12.1 Å². The molecule has 0 bridgehead atoms. The lowest BCUT2D eigenvalue weighted by molar-refractivity contribution is -0.122. The van der Waals surface area contributed by atoms with Gasteiger partial charge >= 0.3 is 10.2 Å². The van der Waals surface area contributed by atoms with Crippen LogP contribution in [0, 0.1) is 17.0 Å². The Balaban J connectivity index is 0.00000115. The van der Waals surface area contributed by atoms with Gasteiger partial charge in [-0.25, -0.2) is 18.2 Å². The maximum Gasteiger partial charge on any atom is 0.301 e. The monoisotopic (exact) mass is 642 g/mol. The standard InChI is InChI=1S/C29H27F3N6O3S.CH2O2/c30-19-7-8-38(12-19)42(40,41)36-24-6-5-23(31)25(26(24)32)27(39)22-11-35-28-21(22)9-18(10-34-28)17-1-3-20(4-2-17)37-15-29(16-37)13-33-14-29;2-1-3/h1-6,9-11,19,33,36H,7-8,12-16H2,(H,34,35);1H,(H,2,3)/t19-;/m1./s1. The van der Waals surface area contributed by atoms with Crippen LogP contribution in [0.3, 0.4) is 0 Å². The summed E-state index contributed by atoms with van der Waals surface area (Å²) in [6, 6.07) is 11.4. The summed E-state index contributed by atoms with van der Waals surface area (Å²) in [7, 11) is -4.31. The highest BCUT2D eigenvalue weighted by molar-refractivity contribution is 7.90. The summed E-state index contributed by atoms with van der Waals surface area (Å²) in [6.07, 6.45) is 1.67. The van der Waals surface area contributed by atoms with Crippen LogP contribution in [0.15, 0.2) is 54.9 Å². The van der Waals surface area contributed by atoms with E-state index in [1.807, 2.05) is 29.0 Å². The van der Waals surface area contributed by atoms with Gasteiger partial charge in [0.15, 0.2) is 5.82 Å². The number of H-pyrrole nitrogens is 1. The number of hydrogen-bond acceptors (Lipinski definition) is 7. The smallest absolute Gasteiger partial charge is 0.301 e. The number of halogens is 3. The molecule has 5 heterocycles. The Morgan fingerprint density at radius 2 is 1.82 bits per heavy atom. The zero-order chi connectivity index (χ0) is 31.9. The minimum absolute atomic E-state index is 0.0198. The summed E-state index contributed by atoms with van der Waals surface area (Å²) in [5.74, 6) is -3.49. The van der Waals surface area contributed by atoms with Gasteiger partial charge in [0.25, 0.3) is 6.47 Å². The van der Waals surface area contributed by atoms with E-state index >= 15 is 4.39 Å². The van der Waals surface area contributed by atoms with E-state index in [2.05, 4.69) is 20.2 Å². The van der Waals surface area contributed by atoms with Crippen LogP contribution >= 0.6 is 0 Å². The Kier molecular flexibility index (Phi) is 8.01. The van der Waals surface area contributed by atoms with E-state index < -0.39 is 45.0 Å². The van der Waals surface area contributed by atoms with Gasteiger partial charge in [-0.15, -0.1) is 0 Å². The Labute approximate surface area is 256 Å². The fourth-order valence-corrected chi connectivity index (χ4v) is 7.21. The van der Waals surface area contributed by atoms with E-state index in [0.29, 0.717) is 22.0 Å². The molecule has 236 valence electrons. The van der Waals surface area contributed by atoms with Gasteiger partial charge in [-0.05, 0) is 42.3 Å². The van der Waals surface area contributed by atoms with Crippen molar-refractivity contribution in [3.05, 3.63) is 77.6 Å². The van der Waals surface area contributed by atoms with Crippen LogP contribution in [0.4, 0.5) is 24.5 Å². The molecule has 1 atom stereocenters. The average Bonchev–Trinajstić information content (AvgIpc) is 3.60. The van der Waals surface area contributed by atoms with E-state index in [4.69, 9.17) is 9.90 Å². The highest BCUT2D eigenvalue weighted by Gasteiger charge is 2.47. The lowest BCUT2D eigenvalue weighted by Gasteiger charge is -2.57. The van der Waals surface area contributed by atoms with Gasteiger partial charge in [0.2, 0.25) is 5.78 Å². The first kappa shape index (κ1) is 30.6. The van der Waals surface area contributed by atoms with Gasteiger partial charge in [0.05, 0.1) is 11.3 Å². The first-order chi connectivity index (χ1) is 21.5. The number of alkyl halides is 1. The molecule has 3 saturated heterocycles. The van der Waals surface area contributed by atoms with Crippen LogP contribution in [0.1, 0.15) is 22.3 Å². The van der Waals surface area contributed by atoms with Gasteiger partial charge in [0, 0.05) is 79.3 Å². The summed E-state index contributed by atoms with van der Waals surface area (Å²) in [4.78, 5) is 31.4. The Morgan fingerprint density at radius 1 is 1.11 bits per heavy atom. The largest absolute Gasteiger partial charge is 0.483 e. The molecule has 2 aromatic heterocycles. The van der Waals surface area contributed by atoms with Gasteiger partial charge in [0.1, 0.15) is 17.6 Å². The molecule has 15 heteroatoms. The molecule has 3 aliphatic rings. The summed E-state index contributed by atoms with van der Waals surface area (Å²) >= 11 is 0. The van der Waals surface area contributed by atoms with Crippen molar-refractivity contribution in [3.8, 4) is 11.1 Å². The third-order valence-electron chi connectivity index (χ3n) is 8.38. The molecule has 0 saturated carbocycles. The maximum atomic E-state index is 15.5. The molecule has 2 aromatic carbocycles. The third-order valence-corrected chi connectivity index (χ3v) is 9.87. The van der Waals surface area contributed by atoms with Crippen molar-refractivity contribution < 1.29 is 36.3 Å². The Morgan fingerprint density at radius 3 is 2.44 bits per heavy atom. The van der Waals surface area contributed by atoms with Crippen molar-refractivity contribution in [3.63, 3.8) is 0 Å². The molecule has 3 fully saturated rings. The number of nitrogens with one attached hydrogen (secondary N) is 3. The lowest BCUT2D eigenvalue weighted by atomic mass is 9.74.